The molecule has 0 unspecified atom stereocenters. The van der Waals surface area contributed by atoms with Gasteiger partial charge in [0.1, 0.15) is 5.69 Å². The summed E-state index contributed by atoms with van der Waals surface area (Å²) in [5.41, 5.74) is 0.557. The van der Waals surface area contributed by atoms with E-state index in [1.54, 1.807) is 22.7 Å². The summed E-state index contributed by atoms with van der Waals surface area (Å²) in [6.07, 6.45) is 6.96. The summed E-state index contributed by atoms with van der Waals surface area (Å²) in [7, 11) is 3.55. The number of halogens is 1. The van der Waals surface area contributed by atoms with Gasteiger partial charge in [0.05, 0.1) is 0 Å². The number of rotatable bonds is 4. The number of carbonyl (C=O) groups excluding carboxylic acids is 1. The molecule has 1 fully saturated rings. The summed E-state index contributed by atoms with van der Waals surface area (Å²) in [4.78, 5) is 25.7. The summed E-state index contributed by atoms with van der Waals surface area (Å²) in [5, 5.41) is 3.35. The quantitative estimate of drug-likeness (QED) is 0.831. The molecule has 120 valence electrons. The molecule has 6 heteroatoms. The van der Waals surface area contributed by atoms with E-state index in [2.05, 4.69) is 27.8 Å². The molecule has 0 spiro atoms. The number of likely N-dealkylation sites (N-methyl/N-ethyl adjacent to an activating group) is 1. The van der Waals surface area contributed by atoms with Crippen molar-refractivity contribution in [2.24, 2.45) is 7.05 Å². The van der Waals surface area contributed by atoms with Crippen LogP contribution in [0.15, 0.2) is 34.2 Å². The zero-order valence-corrected chi connectivity index (χ0v) is 14.6. The van der Waals surface area contributed by atoms with Crippen molar-refractivity contribution in [2.75, 3.05) is 12.4 Å². The largest absolute Gasteiger partial charge is 0.378 e. The number of aromatic nitrogens is 1. The monoisotopic (exact) mass is 367 g/mol. The fourth-order valence-corrected chi connectivity index (χ4v) is 3.50. The zero-order valence-electron chi connectivity index (χ0n) is 13.0. The highest BCUT2D eigenvalue weighted by Gasteiger charge is 2.27. The van der Waals surface area contributed by atoms with Crippen molar-refractivity contribution in [3.63, 3.8) is 0 Å². The number of nitrogens with zero attached hydrogens (tertiary/aromatic N) is 2. The van der Waals surface area contributed by atoms with Crippen molar-refractivity contribution in [1.82, 2.24) is 9.47 Å². The topological polar surface area (TPSA) is 54.3 Å². The van der Waals surface area contributed by atoms with Gasteiger partial charge in [-0.2, -0.15) is 0 Å². The van der Waals surface area contributed by atoms with Crippen molar-refractivity contribution in [2.45, 2.75) is 37.8 Å². The summed E-state index contributed by atoms with van der Waals surface area (Å²) < 4.78 is 2.42. The highest BCUT2D eigenvalue weighted by molar-refractivity contribution is 9.10. The third kappa shape index (κ3) is 3.80. The van der Waals surface area contributed by atoms with Gasteiger partial charge >= 0.3 is 0 Å². The van der Waals surface area contributed by atoms with Crippen LogP contribution in [0.1, 0.15) is 25.7 Å². The van der Waals surface area contributed by atoms with Gasteiger partial charge in [-0.3, -0.25) is 9.59 Å². The van der Waals surface area contributed by atoms with Crippen molar-refractivity contribution in [3.8, 4) is 0 Å². The Morgan fingerprint density at radius 3 is 2.95 bits per heavy atom. The van der Waals surface area contributed by atoms with E-state index in [1.165, 1.54) is 6.08 Å². The van der Waals surface area contributed by atoms with Gasteiger partial charge in [0, 0.05) is 36.8 Å². The molecule has 1 aliphatic rings. The molecule has 5 nitrogen and oxygen atoms in total. The van der Waals surface area contributed by atoms with Crippen LogP contribution in [-0.2, 0) is 11.8 Å². The van der Waals surface area contributed by atoms with E-state index in [1.807, 2.05) is 13.1 Å². The Kier molecular flexibility index (Phi) is 5.45. The molecule has 2 atom stereocenters. The minimum Gasteiger partial charge on any atom is -0.378 e. The Labute approximate surface area is 139 Å². The molecule has 1 N–H and O–H groups in total. The van der Waals surface area contributed by atoms with Crippen LogP contribution in [0, 0.1) is 0 Å². The fourth-order valence-electron chi connectivity index (χ4n) is 2.96. The Hall–Kier alpha value is -1.56. The number of amides is 1. The van der Waals surface area contributed by atoms with Crippen molar-refractivity contribution < 1.29 is 4.79 Å². The Morgan fingerprint density at radius 2 is 2.27 bits per heavy atom. The number of aryl methyl sites for hydroxylation is 1. The van der Waals surface area contributed by atoms with E-state index in [9.17, 15) is 9.59 Å². The lowest BCUT2D eigenvalue weighted by Crippen LogP contribution is -2.43. The Bertz CT molecular complexity index is 626. The predicted octanol–water partition coefficient (Wildman–Crippen LogP) is 2.52. The maximum Gasteiger partial charge on any atom is 0.273 e. The standard InChI is InChI=1S/C16H22BrN3O2/c1-4-15(21)20(3)13-7-5-6-12(9-13)18-14-8-11(17)10-19(2)16(14)22/h4,8,10,12-13,18H,1,5-7,9H2,2-3H3/t12-,13-/m0/s1. The summed E-state index contributed by atoms with van der Waals surface area (Å²) in [5.74, 6) is -0.0518. The van der Waals surface area contributed by atoms with E-state index in [0.717, 1.165) is 30.2 Å². The molecule has 0 aliphatic heterocycles. The number of hydrogen-bond acceptors (Lipinski definition) is 3. The maximum absolute atomic E-state index is 12.2. The van der Waals surface area contributed by atoms with E-state index in [-0.39, 0.29) is 23.6 Å². The van der Waals surface area contributed by atoms with Gasteiger partial charge in [0.15, 0.2) is 0 Å². The third-order valence-electron chi connectivity index (χ3n) is 4.23. The summed E-state index contributed by atoms with van der Waals surface area (Å²) >= 11 is 3.41. The molecular formula is C16H22BrN3O2. The molecule has 1 heterocycles. The molecule has 1 amide bonds. The van der Waals surface area contributed by atoms with Crippen LogP contribution in [0.4, 0.5) is 5.69 Å². The van der Waals surface area contributed by atoms with Crippen LogP contribution in [0.3, 0.4) is 0 Å². The van der Waals surface area contributed by atoms with E-state index in [4.69, 9.17) is 0 Å². The minimum absolute atomic E-state index is 0.0409. The van der Waals surface area contributed by atoms with Crippen molar-refractivity contribution in [3.05, 3.63) is 39.7 Å². The second-order valence-electron chi connectivity index (χ2n) is 5.80. The SMILES string of the molecule is C=CC(=O)N(C)[C@H]1CCC[C@H](Nc2cc(Br)cn(C)c2=O)C1. The average Bonchev–Trinajstić information content (AvgIpc) is 2.51. The average molecular weight is 368 g/mol. The molecule has 1 aliphatic carbocycles. The second kappa shape index (κ2) is 7.13. The minimum atomic E-state index is -0.0518. The van der Waals surface area contributed by atoms with Gasteiger partial charge in [0.2, 0.25) is 5.91 Å². The molecule has 0 aromatic carbocycles. The first-order chi connectivity index (χ1) is 10.4. The van der Waals surface area contributed by atoms with Gasteiger partial charge in [-0.25, -0.2) is 0 Å². The van der Waals surface area contributed by atoms with Gasteiger partial charge < -0.3 is 14.8 Å². The Morgan fingerprint density at radius 1 is 1.55 bits per heavy atom. The van der Waals surface area contributed by atoms with Crippen LogP contribution in [0.25, 0.3) is 0 Å². The fraction of sp³-hybridized carbons (Fsp3) is 0.500. The summed E-state index contributed by atoms with van der Waals surface area (Å²) in [6, 6.07) is 2.19. The number of pyridine rings is 1. The highest BCUT2D eigenvalue weighted by Crippen LogP contribution is 2.25. The van der Waals surface area contributed by atoms with Crippen LogP contribution in [0.5, 0.6) is 0 Å². The van der Waals surface area contributed by atoms with Crippen LogP contribution < -0.4 is 10.9 Å². The second-order valence-corrected chi connectivity index (χ2v) is 6.72. The molecule has 0 radical (unpaired) electrons. The number of hydrogen-bond donors (Lipinski definition) is 1. The molecule has 0 bridgehead atoms. The molecule has 2 rings (SSSR count). The van der Waals surface area contributed by atoms with Crippen molar-refractivity contribution >= 4 is 27.5 Å². The van der Waals surface area contributed by atoms with Crippen LogP contribution >= 0.6 is 15.9 Å². The molecule has 1 aromatic rings. The van der Waals surface area contributed by atoms with E-state index < -0.39 is 0 Å². The number of nitrogens with one attached hydrogen (secondary N) is 1. The lowest BCUT2D eigenvalue weighted by atomic mass is 9.90. The molecule has 0 saturated heterocycles. The lowest BCUT2D eigenvalue weighted by Gasteiger charge is -2.35. The van der Waals surface area contributed by atoms with Crippen LogP contribution in [0.2, 0.25) is 0 Å². The zero-order chi connectivity index (χ0) is 16.3. The first kappa shape index (κ1) is 16.8. The van der Waals surface area contributed by atoms with Gasteiger partial charge in [0.25, 0.3) is 5.56 Å². The normalized spacial score (nSPS) is 21.2. The first-order valence-electron chi connectivity index (χ1n) is 7.44. The lowest BCUT2D eigenvalue weighted by molar-refractivity contribution is -0.127. The van der Waals surface area contributed by atoms with E-state index >= 15 is 0 Å². The predicted molar refractivity (Wildman–Crippen MR) is 92.0 cm³/mol. The van der Waals surface area contributed by atoms with Gasteiger partial charge in [-0.05, 0) is 53.8 Å². The third-order valence-corrected chi connectivity index (χ3v) is 4.66. The van der Waals surface area contributed by atoms with Crippen molar-refractivity contribution in [1.29, 1.82) is 0 Å². The molecule has 22 heavy (non-hydrogen) atoms. The smallest absolute Gasteiger partial charge is 0.273 e. The van der Waals surface area contributed by atoms with Gasteiger partial charge in [-0.15, -0.1) is 0 Å². The summed E-state index contributed by atoms with van der Waals surface area (Å²) in [6.45, 7) is 3.54. The molecule has 1 saturated carbocycles. The molecular weight excluding hydrogens is 346 g/mol. The van der Waals surface area contributed by atoms with E-state index in [0.29, 0.717) is 5.69 Å². The highest BCUT2D eigenvalue weighted by atomic mass is 79.9. The number of anilines is 1. The van der Waals surface area contributed by atoms with Gasteiger partial charge in [-0.1, -0.05) is 6.58 Å². The Balaban J connectivity index is 2.09. The first-order valence-corrected chi connectivity index (χ1v) is 8.23. The maximum atomic E-state index is 12.2. The van der Waals surface area contributed by atoms with Crippen LogP contribution in [-0.4, -0.2) is 34.5 Å². The molecule has 1 aromatic heterocycles. The number of carbonyl (C=O) groups is 1.